The molecule has 3 fully saturated rings. The van der Waals surface area contributed by atoms with Gasteiger partial charge in [-0.05, 0) is 62.6 Å². The molecule has 1 aliphatic carbocycles. The fourth-order valence-corrected chi connectivity index (χ4v) is 4.73. The van der Waals surface area contributed by atoms with Crippen LogP contribution in [0.2, 0.25) is 0 Å². The Hall–Kier alpha value is -1.16. The van der Waals surface area contributed by atoms with Crippen LogP contribution in [0.3, 0.4) is 0 Å². The maximum atomic E-state index is 4.45. The van der Waals surface area contributed by atoms with Gasteiger partial charge in [-0.1, -0.05) is 6.42 Å². The predicted octanol–water partition coefficient (Wildman–Crippen LogP) is 2.42. The molecule has 4 heteroatoms. The molecule has 1 saturated carbocycles. The maximum Gasteiger partial charge on any atom is 0.225 e. The lowest BCUT2D eigenvalue weighted by Gasteiger charge is -2.35. The van der Waals surface area contributed by atoms with Gasteiger partial charge in [-0.15, -0.1) is 0 Å². The Balaban J connectivity index is 1.44. The molecule has 4 nitrogen and oxygen atoms in total. The molecule has 2 saturated heterocycles. The molecule has 0 aromatic carbocycles. The highest BCUT2D eigenvalue weighted by molar-refractivity contribution is 5.31. The third-order valence-corrected chi connectivity index (χ3v) is 5.77. The van der Waals surface area contributed by atoms with Gasteiger partial charge in [0.05, 0.1) is 0 Å². The van der Waals surface area contributed by atoms with Crippen LogP contribution in [0.25, 0.3) is 0 Å². The van der Waals surface area contributed by atoms with Gasteiger partial charge in [0, 0.05) is 32.0 Å². The van der Waals surface area contributed by atoms with Crippen molar-refractivity contribution in [1.29, 1.82) is 0 Å². The largest absolute Gasteiger partial charge is 0.340 e. The monoisotopic (exact) mass is 286 g/mol. The molecule has 3 heterocycles. The number of hydrogen-bond donors (Lipinski definition) is 0. The molecule has 1 aromatic rings. The summed E-state index contributed by atoms with van der Waals surface area (Å²) in [5.41, 5.74) is 0. The van der Waals surface area contributed by atoms with E-state index in [2.05, 4.69) is 19.8 Å². The first-order valence-corrected chi connectivity index (χ1v) is 8.64. The van der Waals surface area contributed by atoms with Gasteiger partial charge in [-0.25, -0.2) is 9.97 Å². The van der Waals surface area contributed by atoms with Crippen molar-refractivity contribution < 1.29 is 0 Å². The van der Waals surface area contributed by atoms with Crippen molar-refractivity contribution in [2.75, 3.05) is 37.6 Å². The van der Waals surface area contributed by atoms with Gasteiger partial charge in [-0.3, -0.25) is 0 Å². The molecule has 21 heavy (non-hydrogen) atoms. The highest BCUT2D eigenvalue weighted by atomic mass is 15.3. The van der Waals surface area contributed by atoms with E-state index in [4.69, 9.17) is 0 Å². The number of aromatic nitrogens is 2. The Kier molecular flexibility index (Phi) is 3.80. The first-order chi connectivity index (χ1) is 10.4. The minimum atomic E-state index is 0.864. The molecular formula is C17H26N4. The van der Waals surface area contributed by atoms with Crippen LogP contribution in [0, 0.1) is 17.8 Å². The van der Waals surface area contributed by atoms with Gasteiger partial charge in [-0.2, -0.15) is 0 Å². The fourth-order valence-electron chi connectivity index (χ4n) is 4.73. The molecule has 114 valence electrons. The van der Waals surface area contributed by atoms with Gasteiger partial charge in [0.1, 0.15) is 0 Å². The summed E-state index contributed by atoms with van der Waals surface area (Å²) < 4.78 is 0. The molecule has 0 bridgehead atoms. The van der Waals surface area contributed by atoms with Gasteiger partial charge in [0.25, 0.3) is 0 Å². The molecule has 3 aliphatic rings. The smallest absolute Gasteiger partial charge is 0.225 e. The van der Waals surface area contributed by atoms with Gasteiger partial charge in [0.15, 0.2) is 0 Å². The highest BCUT2D eigenvalue weighted by Gasteiger charge is 2.41. The first-order valence-electron chi connectivity index (χ1n) is 8.64. The summed E-state index contributed by atoms with van der Waals surface area (Å²) in [5, 5.41) is 0. The van der Waals surface area contributed by atoms with E-state index in [-0.39, 0.29) is 0 Å². The molecule has 0 unspecified atom stereocenters. The number of likely N-dealkylation sites (tertiary alicyclic amines) is 1. The number of fused-ring (bicyclic) bond motifs is 1. The van der Waals surface area contributed by atoms with E-state index in [1.54, 1.807) is 0 Å². The van der Waals surface area contributed by atoms with Crippen LogP contribution in [0.4, 0.5) is 5.95 Å². The van der Waals surface area contributed by atoms with E-state index >= 15 is 0 Å². The van der Waals surface area contributed by atoms with Crippen molar-refractivity contribution in [3.05, 3.63) is 18.5 Å². The Morgan fingerprint density at radius 1 is 1.00 bits per heavy atom. The first kappa shape index (κ1) is 13.5. The highest BCUT2D eigenvalue weighted by Crippen LogP contribution is 2.41. The van der Waals surface area contributed by atoms with Crippen LogP contribution in [0.1, 0.15) is 32.1 Å². The number of hydrogen-bond acceptors (Lipinski definition) is 4. The van der Waals surface area contributed by atoms with Crippen LogP contribution in [-0.4, -0.2) is 47.6 Å². The summed E-state index contributed by atoms with van der Waals surface area (Å²) in [4.78, 5) is 14.0. The second-order valence-corrected chi connectivity index (χ2v) is 7.08. The van der Waals surface area contributed by atoms with Crippen LogP contribution < -0.4 is 4.90 Å². The zero-order valence-corrected chi connectivity index (χ0v) is 12.8. The maximum absolute atomic E-state index is 4.45. The van der Waals surface area contributed by atoms with E-state index in [0.717, 1.165) is 23.7 Å². The van der Waals surface area contributed by atoms with Crippen LogP contribution in [0.15, 0.2) is 18.5 Å². The third kappa shape index (κ3) is 2.78. The molecule has 4 rings (SSSR count). The number of rotatable bonds is 3. The standard InChI is InChI=1S/C17H26N4/c1-2-10-20(9-1)11-14-5-3-6-15-12-21(13-16(14)15)17-18-7-4-8-19-17/h4,7-8,14-16H,1-3,5-6,9-13H2/t14-,15+,16+/m0/s1. The topological polar surface area (TPSA) is 32.3 Å². The molecular weight excluding hydrogens is 260 g/mol. The van der Waals surface area contributed by atoms with E-state index in [0.29, 0.717) is 0 Å². The van der Waals surface area contributed by atoms with Crippen molar-refractivity contribution in [2.45, 2.75) is 32.1 Å². The Bertz CT molecular complexity index is 457. The van der Waals surface area contributed by atoms with Crippen LogP contribution >= 0.6 is 0 Å². The Labute approximate surface area is 127 Å². The minimum absolute atomic E-state index is 0.864. The lowest BCUT2D eigenvalue weighted by Crippen LogP contribution is -2.36. The van der Waals surface area contributed by atoms with Gasteiger partial charge in [0.2, 0.25) is 5.95 Å². The summed E-state index contributed by atoms with van der Waals surface area (Å²) >= 11 is 0. The molecule has 0 spiro atoms. The molecule has 0 amide bonds. The van der Waals surface area contributed by atoms with E-state index in [9.17, 15) is 0 Å². The summed E-state index contributed by atoms with van der Waals surface area (Å²) in [6.45, 7) is 6.35. The van der Waals surface area contributed by atoms with E-state index in [1.807, 2.05) is 18.5 Å². The Morgan fingerprint density at radius 3 is 2.62 bits per heavy atom. The van der Waals surface area contributed by atoms with Crippen molar-refractivity contribution in [2.24, 2.45) is 17.8 Å². The average Bonchev–Trinajstić information content (AvgIpc) is 3.17. The fraction of sp³-hybridized carbons (Fsp3) is 0.765. The van der Waals surface area contributed by atoms with Crippen LogP contribution in [-0.2, 0) is 0 Å². The zero-order valence-electron chi connectivity index (χ0n) is 12.8. The normalized spacial score (nSPS) is 33.3. The summed E-state index contributed by atoms with van der Waals surface area (Å²) in [6.07, 6.45) is 10.8. The quantitative estimate of drug-likeness (QED) is 0.854. The third-order valence-electron chi connectivity index (χ3n) is 5.77. The molecule has 3 atom stereocenters. The number of anilines is 1. The van der Waals surface area contributed by atoms with Gasteiger partial charge >= 0.3 is 0 Å². The predicted molar refractivity (Wildman–Crippen MR) is 84.2 cm³/mol. The average molecular weight is 286 g/mol. The molecule has 0 radical (unpaired) electrons. The van der Waals surface area contributed by atoms with E-state index in [1.165, 1.54) is 64.8 Å². The van der Waals surface area contributed by atoms with Crippen molar-refractivity contribution >= 4 is 5.95 Å². The lowest BCUT2D eigenvalue weighted by atomic mass is 9.73. The second kappa shape index (κ2) is 5.91. The van der Waals surface area contributed by atoms with Gasteiger partial charge < -0.3 is 9.80 Å². The van der Waals surface area contributed by atoms with Crippen molar-refractivity contribution in [1.82, 2.24) is 14.9 Å². The molecule has 1 aromatic heterocycles. The Morgan fingerprint density at radius 2 is 1.81 bits per heavy atom. The summed E-state index contributed by atoms with van der Waals surface area (Å²) in [7, 11) is 0. The minimum Gasteiger partial charge on any atom is -0.340 e. The summed E-state index contributed by atoms with van der Waals surface area (Å²) in [5.74, 6) is 3.57. The SMILES string of the molecule is c1cnc(N2C[C@H]3CCC[C@@H](CN4CCCC4)[C@H]3C2)nc1. The van der Waals surface area contributed by atoms with Crippen molar-refractivity contribution in [3.8, 4) is 0 Å². The lowest BCUT2D eigenvalue weighted by molar-refractivity contribution is 0.148. The van der Waals surface area contributed by atoms with E-state index < -0.39 is 0 Å². The molecule has 2 aliphatic heterocycles. The molecule has 0 N–H and O–H groups in total. The van der Waals surface area contributed by atoms with Crippen molar-refractivity contribution in [3.63, 3.8) is 0 Å². The zero-order chi connectivity index (χ0) is 14.1. The second-order valence-electron chi connectivity index (χ2n) is 7.08. The van der Waals surface area contributed by atoms with Crippen LogP contribution in [0.5, 0.6) is 0 Å². The summed E-state index contributed by atoms with van der Waals surface area (Å²) in [6, 6.07) is 1.91. The number of nitrogens with zero attached hydrogens (tertiary/aromatic N) is 4.